The molecule has 28 heavy (non-hydrogen) atoms. The van der Waals surface area contributed by atoms with E-state index in [1.165, 1.54) is 18.4 Å². The Morgan fingerprint density at radius 1 is 1.07 bits per heavy atom. The molecule has 0 amide bonds. The largest absolute Gasteiger partial charge is 0.493 e. The normalized spacial score (nSPS) is 21.4. The van der Waals surface area contributed by atoms with E-state index in [4.69, 9.17) is 19.7 Å². The summed E-state index contributed by atoms with van der Waals surface area (Å²) in [4.78, 5) is 5.19. The molecule has 1 aliphatic heterocycles. The summed E-state index contributed by atoms with van der Waals surface area (Å²) >= 11 is 0. The predicted molar refractivity (Wildman–Crippen MR) is 111 cm³/mol. The van der Waals surface area contributed by atoms with Crippen LogP contribution in [-0.4, -0.2) is 36.9 Å². The zero-order chi connectivity index (χ0) is 19.7. The second-order valence-corrected chi connectivity index (χ2v) is 7.50. The van der Waals surface area contributed by atoms with Crippen LogP contribution in [0.3, 0.4) is 0 Å². The zero-order valence-corrected chi connectivity index (χ0v) is 16.6. The summed E-state index contributed by atoms with van der Waals surface area (Å²) in [6.07, 6.45) is 4.72. The molecule has 5 nitrogen and oxygen atoms in total. The molecule has 1 aliphatic carbocycles. The Balaban J connectivity index is 1.90. The van der Waals surface area contributed by atoms with Crippen molar-refractivity contribution in [3.63, 3.8) is 0 Å². The molecule has 0 aromatic heterocycles. The number of nitrogens with zero attached hydrogens (tertiary/aromatic N) is 2. The molecule has 2 aromatic rings. The van der Waals surface area contributed by atoms with Crippen molar-refractivity contribution in [3.05, 3.63) is 58.7 Å². The summed E-state index contributed by atoms with van der Waals surface area (Å²) in [7, 11) is 3.34. The fraction of sp³-hybridized carbons (Fsp3) is 0.391. The number of fused-ring (bicyclic) bond motifs is 3. The second-order valence-electron chi connectivity index (χ2n) is 7.50. The molecule has 0 spiro atoms. The molecule has 1 heterocycles. The molecule has 2 aliphatic rings. The van der Waals surface area contributed by atoms with Crippen LogP contribution in [0.2, 0.25) is 0 Å². The number of oxime groups is 1. The van der Waals surface area contributed by atoms with Crippen molar-refractivity contribution in [3.8, 4) is 11.5 Å². The first kappa shape index (κ1) is 18.5. The zero-order valence-electron chi connectivity index (χ0n) is 16.6. The van der Waals surface area contributed by atoms with Crippen LogP contribution >= 0.6 is 0 Å². The lowest BCUT2D eigenvalue weighted by molar-refractivity contribution is 0.319. The van der Waals surface area contributed by atoms with Gasteiger partial charge in [-0.15, -0.1) is 0 Å². The van der Waals surface area contributed by atoms with E-state index < -0.39 is 0 Å². The molecule has 0 saturated heterocycles. The highest BCUT2D eigenvalue weighted by atomic mass is 16.5. The summed E-state index contributed by atoms with van der Waals surface area (Å²) < 4.78 is 11.1. The van der Waals surface area contributed by atoms with E-state index >= 15 is 0 Å². The number of hydrogen-bond acceptors (Lipinski definition) is 5. The van der Waals surface area contributed by atoms with Crippen LogP contribution in [0.15, 0.2) is 46.5 Å². The number of benzene rings is 2. The van der Waals surface area contributed by atoms with Crippen LogP contribution < -0.4 is 9.47 Å². The van der Waals surface area contributed by atoms with E-state index in [1.54, 1.807) is 21.1 Å². The van der Waals surface area contributed by atoms with Crippen molar-refractivity contribution >= 4 is 11.4 Å². The highest BCUT2D eigenvalue weighted by Gasteiger charge is 2.34. The van der Waals surface area contributed by atoms with Crippen LogP contribution in [0.4, 0.5) is 0 Å². The maximum Gasteiger partial charge on any atom is 0.161 e. The first-order valence-electron chi connectivity index (χ1n) is 9.79. The number of aliphatic imine (C=N–C) groups is 1. The third-order valence-corrected chi connectivity index (χ3v) is 5.94. The lowest BCUT2D eigenvalue weighted by Gasteiger charge is -2.35. The molecular weight excluding hydrogens is 352 g/mol. The van der Waals surface area contributed by atoms with E-state index in [1.807, 2.05) is 18.2 Å². The Hall–Kier alpha value is -2.82. The average Bonchev–Trinajstić information content (AvgIpc) is 2.76. The number of methoxy groups -OCH3 is 2. The van der Waals surface area contributed by atoms with Gasteiger partial charge in [-0.3, -0.25) is 4.99 Å². The van der Waals surface area contributed by atoms with Gasteiger partial charge in [-0.2, -0.15) is 0 Å². The number of ether oxygens (including phenoxy) is 2. The van der Waals surface area contributed by atoms with Crippen molar-refractivity contribution in [2.24, 2.45) is 10.1 Å². The Bertz CT molecular complexity index is 949. The third kappa shape index (κ3) is 3.15. The summed E-state index contributed by atoms with van der Waals surface area (Å²) in [5.41, 5.74) is 5.88. The molecule has 0 bridgehead atoms. The van der Waals surface area contributed by atoms with E-state index in [0.717, 1.165) is 41.0 Å². The number of hydrogen-bond donors (Lipinski definition) is 1. The molecule has 4 rings (SSSR count). The first-order valence-corrected chi connectivity index (χ1v) is 9.79. The van der Waals surface area contributed by atoms with E-state index in [-0.39, 0.29) is 0 Å². The SMILES string of the molecule is COc1cc2c(cc1OC)[C@H]1CCCC[C@H]1N=C2c1cccc(C(C)=NO)c1. The summed E-state index contributed by atoms with van der Waals surface area (Å²) in [5.74, 6) is 1.91. The second kappa shape index (κ2) is 7.66. The molecular formula is C23H26N2O3. The van der Waals surface area contributed by atoms with Crippen LogP contribution in [0, 0.1) is 0 Å². The van der Waals surface area contributed by atoms with Gasteiger partial charge in [-0.05, 0) is 49.1 Å². The minimum absolute atomic E-state index is 0.297. The minimum atomic E-state index is 0.297. The summed E-state index contributed by atoms with van der Waals surface area (Å²) in [5, 5.41) is 12.5. The van der Waals surface area contributed by atoms with Crippen LogP contribution in [0.1, 0.15) is 60.8 Å². The standard InChI is InChI=1S/C23H26N2O3/c1-14(25-26)15-7-6-8-16(11-15)23-19-13-22(28-3)21(27-2)12-18(19)17-9-4-5-10-20(17)24-23/h6-8,11-13,17,20,26H,4-5,9-10H2,1-3H3/t17-,20-/m1/s1. The predicted octanol–water partition coefficient (Wildman–Crippen LogP) is 4.78. The van der Waals surface area contributed by atoms with E-state index in [9.17, 15) is 0 Å². The summed E-state index contributed by atoms with van der Waals surface area (Å²) in [6.45, 7) is 1.79. The fourth-order valence-corrected chi connectivity index (χ4v) is 4.45. The van der Waals surface area contributed by atoms with Gasteiger partial charge in [0.05, 0.1) is 31.7 Å². The van der Waals surface area contributed by atoms with Gasteiger partial charge in [0.1, 0.15) is 0 Å². The van der Waals surface area contributed by atoms with Gasteiger partial charge in [0.15, 0.2) is 11.5 Å². The lowest BCUT2D eigenvalue weighted by atomic mass is 9.75. The van der Waals surface area contributed by atoms with Gasteiger partial charge < -0.3 is 14.7 Å². The average molecular weight is 378 g/mol. The Kier molecular flexibility index (Phi) is 5.07. The molecule has 1 N–H and O–H groups in total. The van der Waals surface area contributed by atoms with Crippen molar-refractivity contribution < 1.29 is 14.7 Å². The van der Waals surface area contributed by atoms with Crippen molar-refractivity contribution in [1.82, 2.24) is 0 Å². The monoisotopic (exact) mass is 378 g/mol. The molecule has 5 heteroatoms. The third-order valence-electron chi connectivity index (χ3n) is 5.94. The molecule has 2 atom stereocenters. The molecule has 1 fully saturated rings. The highest BCUT2D eigenvalue weighted by molar-refractivity contribution is 6.16. The van der Waals surface area contributed by atoms with Crippen LogP contribution in [-0.2, 0) is 0 Å². The lowest BCUT2D eigenvalue weighted by Crippen LogP contribution is -2.29. The van der Waals surface area contributed by atoms with Crippen LogP contribution in [0.25, 0.3) is 0 Å². The van der Waals surface area contributed by atoms with Crippen molar-refractivity contribution in [2.75, 3.05) is 14.2 Å². The van der Waals surface area contributed by atoms with E-state index in [2.05, 4.69) is 23.4 Å². The first-order chi connectivity index (χ1) is 13.7. The van der Waals surface area contributed by atoms with E-state index in [0.29, 0.717) is 23.4 Å². The fourth-order valence-electron chi connectivity index (χ4n) is 4.45. The van der Waals surface area contributed by atoms with Gasteiger partial charge in [0, 0.05) is 17.0 Å². The van der Waals surface area contributed by atoms with Gasteiger partial charge >= 0.3 is 0 Å². The Morgan fingerprint density at radius 2 is 1.82 bits per heavy atom. The Labute approximate surface area is 165 Å². The van der Waals surface area contributed by atoms with Crippen molar-refractivity contribution in [2.45, 2.75) is 44.6 Å². The Morgan fingerprint density at radius 3 is 2.57 bits per heavy atom. The quantitative estimate of drug-likeness (QED) is 0.473. The van der Waals surface area contributed by atoms with Crippen molar-refractivity contribution in [1.29, 1.82) is 0 Å². The smallest absolute Gasteiger partial charge is 0.161 e. The van der Waals surface area contributed by atoms with Gasteiger partial charge in [0.25, 0.3) is 0 Å². The minimum Gasteiger partial charge on any atom is -0.493 e. The molecule has 0 unspecified atom stereocenters. The molecule has 1 saturated carbocycles. The molecule has 0 radical (unpaired) electrons. The van der Waals surface area contributed by atoms with Gasteiger partial charge in [-0.25, -0.2) is 0 Å². The van der Waals surface area contributed by atoms with Gasteiger partial charge in [0.2, 0.25) is 0 Å². The van der Waals surface area contributed by atoms with Gasteiger partial charge in [-0.1, -0.05) is 36.2 Å². The molecule has 2 aromatic carbocycles. The highest BCUT2D eigenvalue weighted by Crippen LogP contribution is 2.44. The maximum atomic E-state index is 9.15. The van der Waals surface area contributed by atoms with Crippen LogP contribution in [0.5, 0.6) is 11.5 Å². The topological polar surface area (TPSA) is 63.4 Å². The maximum absolute atomic E-state index is 9.15. The summed E-state index contributed by atoms with van der Waals surface area (Å²) in [6, 6.07) is 12.5. The number of rotatable bonds is 4. The molecule has 146 valence electrons.